The van der Waals surface area contributed by atoms with Crippen molar-refractivity contribution in [1.29, 1.82) is 0 Å². The number of hydrogen-bond acceptors (Lipinski definition) is 9. The van der Waals surface area contributed by atoms with E-state index in [9.17, 15) is 29.3 Å². The van der Waals surface area contributed by atoms with E-state index in [1.165, 1.54) is 66.7 Å². The van der Waals surface area contributed by atoms with Gasteiger partial charge in [0.05, 0.1) is 28.5 Å². The Morgan fingerprint density at radius 1 is 1.00 bits per heavy atom. The number of anilines is 1. The fourth-order valence-electron chi connectivity index (χ4n) is 4.84. The predicted molar refractivity (Wildman–Crippen MR) is 122 cm³/mol. The molecule has 0 saturated carbocycles. The van der Waals surface area contributed by atoms with Gasteiger partial charge in [0, 0.05) is 30.8 Å². The number of imide groups is 1. The summed E-state index contributed by atoms with van der Waals surface area (Å²) in [6.07, 6.45) is 4.88. The first-order chi connectivity index (χ1) is 16.8. The Bertz CT molecular complexity index is 1320. The Labute approximate surface area is 198 Å². The van der Waals surface area contributed by atoms with Crippen molar-refractivity contribution in [2.24, 2.45) is 16.9 Å². The summed E-state index contributed by atoms with van der Waals surface area (Å²) >= 11 is 0. The van der Waals surface area contributed by atoms with E-state index in [0.29, 0.717) is 0 Å². The first-order valence-corrected chi connectivity index (χ1v) is 10.7. The molecule has 2 fully saturated rings. The lowest BCUT2D eigenvalue weighted by Crippen LogP contribution is -2.46. The average Bonchev–Trinajstić information content (AvgIpc) is 3.31. The molecule has 3 aliphatic rings. The molecule has 4 atom stereocenters. The average molecular weight is 474 g/mol. The van der Waals surface area contributed by atoms with Gasteiger partial charge < -0.3 is 4.74 Å². The molecule has 3 heterocycles. The maximum Gasteiger partial charge on any atom is 0.308 e. The van der Waals surface area contributed by atoms with Crippen LogP contribution in [-0.2, 0) is 14.4 Å². The highest BCUT2D eigenvalue weighted by molar-refractivity contribution is 6.24. The zero-order chi connectivity index (χ0) is 24.9. The number of esters is 1. The number of hydrogen-bond donors (Lipinski definition) is 0. The molecule has 2 saturated heterocycles. The minimum atomic E-state index is -1.04. The summed E-state index contributed by atoms with van der Waals surface area (Å²) in [5.74, 6) is -3.54. The molecule has 0 aliphatic carbocycles. The van der Waals surface area contributed by atoms with Crippen molar-refractivity contribution < 1.29 is 28.8 Å². The third-order valence-electron chi connectivity index (χ3n) is 6.28. The highest BCUT2D eigenvalue weighted by Crippen LogP contribution is 2.46. The molecular weight excluding hydrogens is 456 g/mol. The number of ether oxygens (including phenoxy) is 1. The molecule has 35 heavy (non-hydrogen) atoms. The molecule has 2 aromatic rings. The van der Waals surface area contributed by atoms with Crippen LogP contribution in [0.4, 0.5) is 11.4 Å². The van der Waals surface area contributed by atoms with E-state index < -0.39 is 52.4 Å². The smallest absolute Gasteiger partial charge is 0.308 e. The second-order valence-electron chi connectivity index (χ2n) is 8.28. The van der Waals surface area contributed by atoms with Crippen LogP contribution in [0.2, 0.25) is 0 Å². The zero-order valence-electron chi connectivity index (χ0n) is 18.3. The number of nitro groups is 1. The number of nitro benzene ring substituents is 1. The van der Waals surface area contributed by atoms with E-state index in [1.807, 2.05) is 0 Å². The molecular formula is C24H18N4O7. The van der Waals surface area contributed by atoms with E-state index in [1.54, 1.807) is 12.2 Å². The third kappa shape index (κ3) is 3.57. The number of allylic oxidation sites excluding steroid dienone is 1. The Balaban J connectivity index is 1.50. The maximum absolute atomic E-state index is 13.6. The van der Waals surface area contributed by atoms with E-state index in [0.717, 1.165) is 4.90 Å². The van der Waals surface area contributed by atoms with E-state index in [2.05, 4.69) is 5.10 Å². The molecule has 3 aliphatic heterocycles. The van der Waals surface area contributed by atoms with Gasteiger partial charge in [-0.1, -0.05) is 6.08 Å². The number of carbonyl (C=O) groups is 4. The molecule has 2 aromatic carbocycles. The highest BCUT2D eigenvalue weighted by Gasteiger charge is 2.64. The van der Waals surface area contributed by atoms with Crippen molar-refractivity contribution in [3.8, 4) is 5.75 Å². The second kappa shape index (κ2) is 8.28. The predicted octanol–water partition coefficient (Wildman–Crippen LogP) is 2.12. The number of Topliss-reactive ketones (excluding diaryl/α,β-unsaturated/α-hetero) is 1. The Kier molecular flexibility index (Phi) is 5.24. The van der Waals surface area contributed by atoms with Crippen LogP contribution in [0.3, 0.4) is 0 Å². The topological polar surface area (TPSA) is 139 Å². The van der Waals surface area contributed by atoms with Gasteiger partial charge in [0.25, 0.3) is 5.69 Å². The van der Waals surface area contributed by atoms with Gasteiger partial charge in [-0.15, -0.1) is 0 Å². The lowest BCUT2D eigenvalue weighted by atomic mass is 9.86. The van der Waals surface area contributed by atoms with Gasteiger partial charge in [-0.25, -0.2) is 4.90 Å². The molecule has 11 nitrogen and oxygen atoms in total. The van der Waals surface area contributed by atoms with Gasteiger partial charge in [0.2, 0.25) is 11.8 Å². The summed E-state index contributed by atoms with van der Waals surface area (Å²) < 4.78 is 5.01. The number of ketones is 1. The summed E-state index contributed by atoms with van der Waals surface area (Å²) in [5.41, 5.74) is 0.296. The van der Waals surface area contributed by atoms with E-state index in [-0.39, 0.29) is 22.7 Å². The number of rotatable bonds is 5. The van der Waals surface area contributed by atoms with Gasteiger partial charge in [-0.2, -0.15) is 5.10 Å². The second-order valence-corrected chi connectivity index (χ2v) is 8.28. The number of non-ortho nitro benzene ring substituents is 1. The van der Waals surface area contributed by atoms with Crippen LogP contribution in [0.25, 0.3) is 0 Å². The molecule has 0 N–H and O–H groups in total. The van der Waals surface area contributed by atoms with Gasteiger partial charge in [-0.3, -0.25) is 34.3 Å². The fourth-order valence-corrected chi connectivity index (χ4v) is 4.84. The summed E-state index contributed by atoms with van der Waals surface area (Å²) in [4.78, 5) is 63.1. The molecule has 5 rings (SSSR count). The molecule has 4 unspecified atom stereocenters. The zero-order valence-corrected chi connectivity index (χ0v) is 18.3. The molecule has 0 aromatic heterocycles. The van der Waals surface area contributed by atoms with E-state index >= 15 is 0 Å². The normalized spacial score (nSPS) is 24.4. The summed E-state index contributed by atoms with van der Waals surface area (Å²) in [6, 6.07) is 9.40. The SMILES string of the molecule is CC(=O)Oc1ccc(C(=O)C2C3C(=O)N(c4ccc([N+](=O)[O-])cc4)C(=O)C3C3C=CC=NN32)cc1. The molecule has 0 bridgehead atoms. The molecule has 176 valence electrons. The summed E-state index contributed by atoms with van der Waals surface area (Å²) in [5, 5.41) is 16.8. The number of amides is 2. The molecule has 11 heteroatoms. The minimum absolute atomic E-state index is 0.172. The van der Waals surface area contributed by atoms with Crippen molar-refractivity contribution in [3.63, 3.8) is 0 Å². The number of carbonyl (C=O) groups excluding carboxylic acids is 4. The van der Waals surface area contributed by atoms with Crippen LogP contribution in [-0.4, -0.2) is 51.8 Å². The highest BCUT2D eigenvalue weighted by atomic mass is 16.6. The first kappa shape index (κ1) is 22.1. The maximum atomic E-state index is 13.6. The summed E-state index contributed by atoms with van der Waals surface area (Å²) in [7, 11) is 0. The van der Waals surface area contributed by atoms with Crippen LogP contribution in [0.5, 0.6) is 5.75 Å². The molecule has 0 spiro atoms. The number of nitrogens with zero attached hydrogens (tertiary/aromatic N) is 4. The summed E-state index contributed by atoms with van der Waals surface area (Å²) in [6.45, 7) is 1.26. The van der Waals surface area contributed by atoms with Crippen molar-refractivity contribution in [1.82, 2.24) is 5.01 Å². The number of fused-ring (bicyclic) bond motifs is 3. The third-order valence-corrected chi connectivity index (χ3v) is 6.28. The molecule has 2 amide bonds. The van der Waals surface area contributed by atoms with Crippen LogP contribution >= 0.6 is 0 Å². The lowest BCUT2D eigenvalue weighted by Gasteiger charge is -2.30. The van der Waals surface area contributed by atoms with Gasteiger partial charge in [0.15, 0.2) is 5.78 Å². The lowest BCUT2D eigenvalue weighted by molar-refractivity contribution is -0.384. The van der Waals surface area contributed by atoms with Crippen molar-refractivity contribution in [3.05, 3.63) is 76.4 Å². The monoisotopic (exact) mass is 474 g/mol. The van der Waals surface area contributed by atoms with Gasteiger partial charge in [0.1, 0.15) is 11.8 Å². The van der Waals surface area contributed by atoms with Crippen LogP contribution in [0, 0.1) is 22.0 Å². The van der Waals surface area contributed by atoms with Gasteiger partial charge >= 0.3 is 5.97 Å². The quantitative estimate of drug-likeness (QED) is 0.160. The van der Waals surface area contributed by atoms with Crippen molar-refractivity contribution >= 4 is 41.2 Å². The minimum Gasteiger partial charge on any atom is -0.427 e. The van der Waals surface area contributed by atoms with Crippen LogP contribution in [0.15, 0.2) is 65.8 Å². The number of benzene rings is 2. The number of hydrazone groups is 1. The van der Waals surface area contributed by atoms with Crippen molar-refractivity contribution in [2.75, 3.05) is 4.90 Å². The van der Waals surface area contributed by atoms with Crippen LogP contribution < -0.4 is 9.64 Å². The fraction of sp³-hybridized carbons (Fsp3) is 0.208. The largest absolute Gasteiger partial charge is 0.427 e. The standard InChI is InChI=1S/C24H18N4O7/c1-13(29)35-17-10-4-14(5-11-17)22(30)21-20-19(18-3-2-12-25-27(18)21)23(31)26(24(20)32)15-6-8-16(9-7-15)28(33)34/h2-12,18-21H,1H3. The first-order valence-electron chi connectivity index (χ1n) is 10.7. The Morgan fingerprint density at radius 2 is 1.66 bits per heavy atom. The molecule has 0 radical (unpaired) electrons. The van der Waals surface area contributed by atoms with Gasteiger partial charge in [-0.05, 0) is 42.5 Å². The Hall–Kier alpha value is -4.67. The Morgan fingerprint density at radius 3 is 2.29 bits per heavy atom. The van der Waals surface area contributed by atoms with Crippen LogP contribution in [0.1, 0.15) is 17.3 Å². The van der Waals surface area contributed by atoms with E-state index in [4.69, 9.17) is 4.74 Å². The van der Waals surface area contributed by atoms with Crippen molar-refractivity contribution in [2.45, 2.75) is 19.0 Å².